The van der Waals surface area contributed by atoms with Gasteiger partial charge in [-0.05, 0) is 36.4 Å². The highest BCUT2D eigenvalue weighted by molar-refractivity contribution is 6.35. The minimum Gasteiger partial charge on any atom is -0.486 e. The van der Waals surface area contributed by atoms with Gasteiger partial charge in [0.15, 0.2) is 0 Å². The average Bonchev–Trinajstić information content (AvgIpc) is 3.09. The first kappa shape index (κ1) is 17.4. The van der Waals surface area contributed by atoms with Crippen molar-refractivity contribution in [2.45, 2.75) is 13.2 Å². The predicted molar refractivity (Wildman–Crippen MR) is 95.1 cm³/mol. The van der Waals surface area contributed by atoms with Crippen LogP contribution < -0.4 is 4.74 Å². The Labute approximate surface area is 154 Å². The van der Waals surface area contributed by atoms with Crippen molar-refractivity contribution in [3.63, 3.8) is 0 Å². The zero-order chi connectivity index (χ0) is 17.6. The largest absolute Gasteiger partial charge is 0.486 e. The fourth-order valence-corrected chi connectivity index (χ4v) is 2.55. The van der Waals surface area contributed by atoms with Gasteiger partial charge in [0.1, 0.15) is 24.7 Å². The van der Waals surface area contributed by atoms with Crippen LogP contribution in [0.5, 0.6) is 5.75 Å². The van der Waals surface area contributed by atoms with Gasteiger partial charge in [-0.3, -0.25) is 0 Å². The van der Waals surface area contributed by atoms with E-state index in [-0.39, 0.29) is 19.0 Å². The normalized spacial score (nSPS) is 10.5. The third-order valence-electron chi connectivity index (χ3n) is 3.36. The van der Waals surface area contributed by atoms with E-state index in [1.807, 2.05) is 30.3 Å². The van der Waals surface area contributed by atoms with Gasteiger partial charge in [0.05, 0.1) is 0 Å². The molecule has 0 aliphatic carbocycles. The highest BCUT2D eigenvalue weighted by Gasteiger charge is 2.14. The summed E-state index contributed by atoms with van der Waals surface area (Å²) in [5.74, 6) is 0.787. The van der Waals surface area contributed by atoms with Crippen LogP contribution in [0.4, 0.5) is 0 Å². The summed E-state index contributed by atoms with van der Waals surface area (Å²) in [5.41, 5.74) is 0.665. The molecule has 0 N–H and O–H groups in total. The fourth-order valence-electron chi connectivity index (χ4n) is 2.09. The molecule has 0 aliphatic heterocycles. The summed E-state index contributed by atoms with van der Waals surface area (Å²) in [6, 6.07) is 17.6. The van der Waals surface area contributed by atoms with Crippen molar-refractivity contribution in [1.82, 2.24) is 0 Å². The Balaban J connectivity index is 1.55. The number of carbonyl (C=O) groups is 1. The Bertz CT molecular complexity index is 859. The van der Waals surface area contributed by atoms with E-state index in [9.17, 15) is 4.79 Å². The third kappa shape index (κ3) is 4.78. The van der Waals surface area contributed by atoms with Gasteiger partial charge in [-0.1, -0.05) is 47.5 Å². The van der Waals surface area contributed by atoms with Gasteiger partial charge in [0.25, 0.3) is 0 Å². The van der Waals surface area contributed by atoms with Crippen molar-refractivity contribution in [2.24, 2.45) is 0 Å². The maximum absolute atomic E-state index is 12.1. The maximum atomic E-state index is 12.1. The van der Waals surface area contributed by atoms with Crippen LogP contribution in [0.2, 0.25) is 10.0 Å². The first-order chi connectivity index (χ1) is 12.1. The van der Waals surface area contributed by atoms with E-state index in [0.29, 0.717) is 21.4 Å². The second-order valence-corrected chi connectivity index (χ2v) is 6.02. The fraction of sp³-hybridized carbons (Fsp3) is 0.105. The summed E-state index contributed by atoms with van der Waals surface area (Å²) >= 11 is 11.9. The average molecular weight is 377 g/mol. The molecule has 0 fully saturated rings. The highest BCUT2D eigenvalue weighted by atomic mass is 35.5. The number of para-hydroxylation sites is 1. The summed E-state index contributed by atoms with van der Waals surface area (Å²) in [4.78, 5) is 12.1. The molecule has 3 aromatic rings. The highest BCUT2D eigenvalue weighted by Crippen LogP contribution is 2.22. The van der Waals surface area contributed by atoms with Gasteiger partial charge in [0, 0.05) is 15.6 Å². The number of esters is 1. The SMILES string of the molecule is O=C(OCc1ccc(Cl)cc1Cl)c1ccc(COc2ccccc2)o1. The molecule has 0 spiro atoms. The lowest BCUT2D eigenvalue weighted by atomic mass is 10.2. The van der Waals surface area contributed by atoms with E-state index >= 15 is 0 Å². The van der Waals surface area contributed by atoms with Gasteiger partial charge in [-0.15, -0.1) is 0 Å². The minimum absolute atomic E-state index is 0.0331. The summed E-state index contributed by atoms with van der Waals surface area (Å²) in [5, 5.41) is 0.964. The van der Waals surface area contributed by atoms with Gasteiger partial charge in [0.2, 0.25) is 5.76 Å². The van der Waals surface area contributed by atoms with Crippen LogP contribution in [-0.2, 0) is 18.0 Å². The monoisotopic (exact) mass is 376 g/mol. The van der Waals surface area contributed by atoms with E-state index in [2.05, 4.69) is 0 Å². The Morgan fingerprint density at radius 3 is 2.52 bits per heavy atom. The Kier molecular flexibility index (Phi) is 5.64. The second-order valence-electron chi connectivity index (χ2n) is 5.18. The van der Waals surface area contributed by atoms with Gasteiger partial charge >= 0.3 is 5.97 Å². The molecule has 0 saturated heterocycles. The van der Waals surface area contributed by atoms with E-state index in [0.717, 1.165) is 5.75 Å². The van der Waals surface area contributed by atoms with Crippen LogP contribution >= 0.6 is 23.2 Å². The molecule has 0 saturated carbocycles. The summed E-state index contributed by atoms with van der Waals surface area (Å²) in [6.07, 6.45) is 0. The molecule has 6 heteroatoms. The number of benzene rings is 2. The van der Waals surface area contributed by atoms with E-state index in [4.69, 9.17) is 37.1 Å². The first-order valence-corrected chi connectivity index (χ1v) is 8.25. The number of hydrogen-bond acceptors (Lipinski definition) is 4. The van der Waals surface area contributed by atoms with Crippen molar-refractivity contribution < 1.29 is 18.7 Å². The van der Waals surface area contributed by atoms with Crippen molar-refractivity contribution in [3.8, 4) is 5.75 Å². The lowest BCUT2D eigenvalue weighted by Crippen LogP contribution is -2.04. The molecule has 25 heavy (non-hydrogen) atoms. The topological polar surface area (TPSA) is 48.7 Å². The van der Waals surface area contributed by atoms with Gasteiger partial charge in [-0.2, -0.15) is 0 Å². The smallest absolute Gasteiger partial charge is 0.374 e. The van der Waals surface area contributed by atoms with Crippen LogP contribution in [0, 0.1) is 0 Å². The third-order valence-corrected chi connectivity index (χ3v) is 3.95. The predicted octanol–water partition coefficient (Wildman–Crippen LogP) is 5.52. The number of ether oxygens (including phenoxy) is 2. The molecule has 0 unspecified atom stereocenters. The molecule has 0 atom stereocenters. The molecule has 1 heterocycles. The molecule has 128 valence electrons. The maximum Gasteiger partial charge on any atom is 0.374 e. The quantitative estimate of drug-likeness (QED) is 0.531. The van der Waals surface area contributed by atoms with Gasteiger partial charge < -0.3 is 13.9 Å². The molecular formula is C19H14Cl2O4. The molecule has 4 nitrogen and oxygen atoms in total. The molecule has 0 amide bonds. The zero-order valence-corrected chi connectivity index (χ0v) is 14.6. The van der Waals surface area contributed by atoms with Crippen molar-refractivity contribution in [3.05, 3.63) is 87.8 Å². The van der Waals surface area contributed by atoms with Crippen molar-refractivity contribution in [1.29, 1.82) is 0 Å². The lowest BCUT2D eigenvalue weighted by Gasteiger charge is -2.06. The number of halogens is 2. The van der Waals surface area contributed by atoms with Crippen LogP contribution in [0.1, 0.15) is 21.9 Å². The van der Waals surface area contributed by atoms with E-state index < -0.39 is 5.97 Å². The van der Waals surface area contributed by atoms with Crippen LogP contribution in [0.25, 0.3) is 0 Å². The molecule has 2 aromatic carbocycles. The Morgan fingerprint density at radius 2 is 1.76 bits per heavy atom. The van der Waals surface area contributed by atoms with Crippen LogP contribution in [-0.4, -0.2) is 5.97 Å². The molecule has 3 rings (SSSR count). The number of carbonyl (C=O) groups excluding carboxylic acids is 1. The Hall–Kier alpha value is -2.43. The molecule has 0 radical (unpaired) electrons. The molecule has 0 aliphatic rings. The standard InChI is InChI=1S/C19H14Cl2O4/c20-14-7-6-13(17(21)10-14)11-24-19(22)18-9-8-16(25-18)12-23-15-4-2-1-3-5-15/h1-10H,11-12H2. The lowest BCUT2D eigenvalue weighted by molar-refractivity contribution is 0.0432. The molecular weight excluding hydrogens is 363 g/mol. The van der Waals surface area contributed by atoms with Crippen LogP contribution in [0.3, 0.4) is 0 Å². The second kappa shape index (κ2) is 8.10. The van der Waals surface area contributed by atoms with Crippen LogP contribution in [0.15, 0.2) is 65.1 Å². The minimum atomic E-state index is -0.572. The van der Waals surface area contributed by atoms with E-state index in [1.54, 1.807) is 30.3 Å². The summed E-state index contributed by atoms with van der Waals surface area (Å²) in [6.45, 7) is 0.256. The first-order valence-electron chi connectivity index (χ1n) is 7.49. The van der Waals surface area contributed by atoms with E-state index in [1.165, 1.54) is 0 Å². The Morgan fingerprint density at radius 1 is 0.960 bits per heavy atom. The van der Waals surface area contributed by atoms with Crippen molar-refractivity contribution >= 4 is 29.2 Å². The van der Waals surface area contributed by atoms with Gasteiger partial charge in [-0.25, -0.2) is 4.79 Å². The number of hydrogen-bond donors (Lipinski definition) is 0. The zero-order valence-electron chi connectivity index (χ0n) is 13.1. The summed E-state index contributed by atoms with van der Waals surface area (Å²) in [7, 11) is 0. The number of furan rings is 1. The summed E-state index contributed by atoms with van der Waals surface area (Å²) < 4.78 is 16.2. The molecule has 0 bridgehead atoms. The molecule has 1 aromatic heterocycles. The number of rotatable bonds is 6. The van der Waals surface area contributed by atoms with Crippen molar-refractivity contribution in [2.75, 3.05) is 0 Å².